The number of halogens is 1. The molecule has 6 rings (SSSR count). The Bertz CT molecular complexity index is 1640. The molecule has 2 unspecified atom stereocenters. The lowest BCUT2D eigenvalue weighted by Crippen LogP contribution is -2.58. The fraction of sp³-hybridized carbons (Fsp3) is 0.414. The number of aromatic nitrogens is 4. The molecule has 0 aliphatic carbocycles. The Morgan fingerprint density at radius 3 is 2.44 bits per heavy atom. The van der Waals surface area contributed by atoms with E-state index in [0.717, 1.165) is 34.8 Å². The lowest BCUT2D eigenvalue weighted by atomic mass is 9.87. The highest BCUT2D eigenvalue weighted by Crippen LogP contribution is 2.43. The number of hydrogen-bond acceptors (Lipinski definition) is 9. The number of amides is 1. The number of fused-ring (bicyclic) bond motifs is 2. The minimum Gasteiger partial charge on any atom is -0.470 e. The maximum Gasteiger partial charge on any atom is 0.275 e. The Hall–Kier alpha value is -4.00. The Morgan fingerprint density at radius 2 is 1.76 bits per heavy atom. The van der Waals surface area contributed by atoms with Crippen molar-refractivity contribution in [2.45, 2.75) is 50.9 Å². The van der Waals surface area contributed by atoms with Gasteiger partial charge in [0, 0.05) is 47.2 Å². The third-order valence-electron chi connectivity index (χ3n) is 7.65. The third kappa shape index (κ3) is 5.03. The van der Waals surface area contributed by atoms with E-state index in [2.05, 4.69) is 10.1 Å². The predicted molar refractivity (Wildman–Crippen MR) is 146 cm³/mol. The van der Waals surface area contributed by atoms with Crippen LogP contribution < -0.4 is 4.74 Å². The van der Waals surface area contributed by atoms with Crippen molar-refractivity contribution in [1.29, 1.82) is 0 Å². The number of carbonyl (C=O) groups excluding carboxylic acids is 2. The molecule has 214 valence electrons. The van der Waals surface area contributed by atoms with Crippen molar-refractivity contribution in [2.75, 3.05) is 26.3 Å². The van der Waals surface area contributed by atoms with Crippen molar-refractivity contribution in [3.63, 3.8) is 0 Å². The highest BCUT2D eigenvalue weighted by atomic mass is 19.1. The topological polar surface area (TPSA) is 140 Å². The van der Waals surface area contributed by atoms with Gasteiger partial charge in [0.05, 0.1) is 36.7 Å². The zero-order valence-electron chi connectivity index (χ0n) is 22.7. The van der Waals surface area contributed by atoms with Gasteiger partial charge in [-0.15, -0.1) is 0 Å². The minimum atomic E-state index is -1.26. The molecule has 5 heterocycles. The van der Waals surface area contributed by atoms with E-state index in [-0.39, 0.29) is 31.0 Å². The number of nitrogens with zero attached hydrogens (tertiary/aromatic N) is 5. The number of ether oxygens (including phenoxy) is 2. The molecule has 4 aromatic rings. The second-order valence-corrected chi connectivity index (χ2v) is 10.6. The number of hydrogen-bond donors (Lipinski definition) is 2. The molecule has 2 aliphatic rings. The van der Waals surface area contributed by atoms with E-state index in [9.17, 15) is 24.2 Å². The lowest BCUT2D eigenvalue weighted by molar-refractivity contribution is -0.148. The largest absolute Gasteiger partial charge is 0.470 e. The van der Waals surface area contributed by atoms with Gasteiger partial charge in [-0.3, -0.25) is 14.6 Å². The van der Waals surface area contributed by atoms with Crippen molar-refractivity contribution in [2.24, 2.45) is 0 Å². The molecular formula is C29H30FN5O6. The summed E-state index contributed by atoms with van der Waals surface area (Å²) in [6.07, 6.45) is 2.99. The molecule has 11 nitrogen and oxygen atoms in total. The van der Waals surface area contributed by atoms with Crippen LogP contribution in [0.15, 0.2) is 36.8 Å². The zero-order valence-corrected chi connectivity index (χ0v) is 22.7. The van der Waals surface area contributed by atoms with Gasteiger partial charge in [0.15, 0.2) is 0 Å². The zero-order chi connectivity index (χ0) is 28.8. The summed E-state index contributed by atoms with van der Waals surface area (Å²) in [6.45, 7) is 4.50. The van der Waals surface area contributed by atoms with Gasteiger partial charge in [-0.25, -0.2) is 9.37 Å². The number of pyridine rings is 2. The normalized spacial score (nSPS) is 17.9. The van der Waals surface area contributed by atoms with Gasteiger partial charge < -0.3 is 24.6 Å². The first-order valence-electron chi connectivity index (χ1n) is 13.6. The van der Waals surface area contributed by atoms with Gasteiger partial charge in [0.1, 0.15) is 24.1 Å². The average molecular weight is 564 g/mol. The van der Waals surface area contributed by atoms with Crippen LogP contribution in [0.1, 0.15) is 43.1 Å². The maximum atomic E-state index is 14.5. The van der Waals surface area contributed by atoms with Gasteiger partial charge >= 0.3 is 0 Å². The van der Waals surface area contributed by atoms with E-state index >= 15 is 0 Å². The van der Waals surface area contributed by atoms with Crippen LogP contribution in [0.5, 0.6) is 5.88 Å². The van der Waals surface area contributed by atoms with Crippen molar-refractivity contribution >= 4 is 33.5 Å². The molecule has 1 amide bonds. The molecule has 2 aliphatic heterocycles. The molecule has 0 radical (unpaired) electrons. The van der Waals surface area contributed by atoms with E-state index in [1.54, 1.807) is 18.5 Å². The van der Waals surface area contributed by atoms with Crippen LogP contribution in [0.25, 0.3) is 32.8 Å². The van der Waals surface area contributed by atoms with E-state index in [1.807, 2.05) is 6.07 Å². The second-order valence-electron chi connectivity index (χ2n) is 10.6. The number of likely N-dealkylation sites (tertiary alicyclic amines) is 1. The fourth-order valence-corrected chi connectivity index (χ4v) is 5.50. The Morgan fingerprint density at radius 1 is 1.02 bits per heavy atom. The molecule has 2 N–H and O–H groups in total. The number of rotatable bonds is 6. The van der Waals surface area contributed by atoms with Gasteiger partial charge in [-0.1, -0.05) is 0 Å². The van der Waals surface area contributed by atoms with Crippen LogP contribution in [0.4, 0.5) is 4.39 Å². The molecule has 0 spiro atoms. The van der Waals surface area contributed by atoms with E-state index < -0.39 is 23.9 Å². The predicted octanol–water partition coefficient (Wildman–Crippen LogP) is 2.67. The van der Waals surface area contributed by atoms with Gasteiger partial charge in [-0.2, -0.15) is 9.78 Å². The Balaban J connectivity index is 1.55. The average Bonchev–Trinajstić information content (AvgIpc) is 3.35. The summed E-state index contributed by atoms with van der Waals surface area (Å²) in [6, 6.07) is 5.02. The first kappa shape index (κ1) is 27.2. The quantitative estimate of drug-likeness (QED) is 0.362. The van der Waals surface area contributed by atoms with Crippen LogP contribution in [-0.4, -0.2) is 91.3 Å². The van der Waals surface area contributed by atoms with Crippen LogP contribution in [0.3, 0.4) is 0 Å². The molecule has 1 aromatic carbocycles. The second kappa shape index (κ2) is 10.8. The maximum absolute atomic E-state index is 14.5. The lowest BCUT2D eigenvalue weighted by Gasteiger charge is -2.39. The van der Waals surface area contributed by atoms with Crippen LogP contribution >= 0.6 is 0 Å². The summed E-state index contributed by atoms with van der Waals surface area (Å²) < 4.78 is 27.6. The van der Waals surface area contributed by atoms with Gasteiger partial charge in [0.25, 0.3) is 11.8 Å². The van der Waals surface area contributed by atoms with Gasteiger partial charge in [0.2, 0.25) is 5.88 Å². The van der Waals surface area contributed by atoms with E-state index in [4.69, 9.17) is 14.5 Å². The molecule has 2 saturated heterocycles. The molecular weight excluding hydrogens is 533 g/mol. The smallest absolute Gasteiger partial charge is 0.275 e. The number of aliphatic hydroxyl groups excluding tert-OH is 2. The number of benzene rings is 1. The van der Waals surface area contributed by atoms with Crippen molar-refractivity contribution in [1.82, 2.24) is 24.6 Å². The van der Waals surface area contributed by atoms with Crippen LogP contribution in [-0.2, 0) is 9.53 Å². The highest BCUT2D eigenvalue weighted by molar-refractivity contribution is 6.08. The van der Waals surface area contributed by atoms with Gasteiger partial charge in [-0.05, 0) is 50.3 Å². The third-order valence-corrected chi connectivity index (χ3v) is 7.65. The van der Waals surface area contributed by atoms with Crippen molar-refractivity contribution < 1.29 is 33.7 Å². The summed E-state index contributed by atoms with van der Waals surface area (Å²) in [5.41, 5.74) is 2.45. The molecule has 2 fully saturated rings. The molecule has 2 atom stereocenters. The summed E-state index contributed by atoms with van der Waals surface area (Å²) in [5.74, 6) is -1.12. The van der Waals surface area contributed by atoms with E-state index in [1.165, 1.54) is 24.8 Å². The first-order valence-corrected chi connectivity index (χ1v) is 13.6. The molecule has 12 heteroatoms. The van der Waals surface area contributed by atoms with E-state index in [0.29, 0.717) is 46.5 Å². The number of carbonyl (C=O) groups is 2. The first-order chi connectivity index (χ1) is 19.7. The monoisotopic (exact) mass is 563 g/mol. The molecule has 0 saturated carbocycles. The summed E-state index contributed by atoms with van der Waals surface area (Å²) >= 11 is 0. The molecule has 0 bridgehead atoms. The Kier molecular flexibility index (Phi) is 7.14. The van der Waals surface area contributed by atoms with Crippen LogP contribution in [0, 0.1) is 5.82 Å². The van der Waals surface area contributed by atoms with Crippen LogP contribution in [0.2, 0.25) is 0 Å². The molecule has 41 heavy (non-hydrogen) atoms. The Labute approximate surface area is 234 Å². The SMILES string of the molecule is CC(O)C(=O)N1CC(Oc2nc(C3CCOCC3)c(-c3cncc(F)c3)c3cc4cnn(C(=O)C(C)O)c4cc23)C1. The highest BCUT2D eigenvalue weighted by Gasteiger charge is 2.35. The summed E-state index contributed by atoms with van der Waals surface area (Å²) in [4.78, 5) is 35.5. The molecule has 3 aromatic heterocycles. The minimum absolute atomic E-state index is 0.0127. The standard InChI is InChI=1S/C29H30FN5O6/c1-15(36)28(38)34-13-21(14-34)41-27-23-9-24-18(11-32-35(24)29(39)16(2)37)8-22(23)25(19-7-20(30)12-31-10-19)26(33-27)17-3-5-40-6-4-17/h7-12,15-17,21,36-37H,3-6,13-14H2,1-2H3. The van der Waals surface area contributed by atoms with Crippen molar-refractivity contribution in [3.05, 3.63) is 48.3 Å². The fourth-order valence-electron chi connectivity index (χ4n) is 5.50. The summed E-state index contributed by atoms with van der Waals surface area (Å²) in [5, 5.41) is 25.7. The summed E-state index contributed by atoms with van der Waals surface area (Å²) in [7, 11) is 0. The van der Waals surface area contributed by atoms with Crippen molar-refractivity contribution in [3.8, 4) is 17.0 Å². The number of aliphatic hydroxyl groups is 2.